The molecule has 5 rings (SSSR count). The van der Waals surface area contributed by atoms with Gasteiger partial charge in [0.1, 0.15) is 0 Å². The molecule has 182 valence electrons. The van der Waals surface area contributed by atoms with Gasteiger partial charge in [-0.05, 0) is 71.9 Å². The highest BCUT2D eigenvalue weighted by molar-refractivity contribution is 6.08. The van der Waals surface area contributed by atoms with E-state index in [2.05, 4.69) is 74.8 Å². The average molecular weight is 468 g/mol. The molecule has 5 heteroatoms. The lowest BCUT2D eigenvalue weighted by atomic mass is 9.68. The van der Waals surface area contributed by atoms with Crippen molar-refractivity contribution in [3.8, 4) is 0 Å². The third kappa shape index (κ3) is 5.04. The summed E-state index contributed by atoms with van der Waals surface area (Å²) in [5.74, 6) is 0. The fourth-order valence-corrected chi connectivity index (χ4v) is 5.59. The van der Waals surface area contributed by atoms with Crippen LogP contribution in [-0.2, 0) is 0 Å². The summed E-state index contributed by atoms with van der Waals surface area (Å²) < 4.78 is 0. The van der Waals surface area contributed by atoms with Crippen LogP contribution in [0.2, 0.25) is 0 Å². The minimum atomic E-state index is 0.165. The molecule has 2 aromatic rings. The monoisotopic (exact) mass is 467 g/mol. The number of nitrogens with zero attached hydrogens (tertiary/aromatic N) is 3. The molecule has 0 bridgehead atoms. The van der Waals surface area contributed by atoms with Crippen molar-refractivity contribution in [1.82, 2.24) is 4.90 Å². The molecule has 0 radical (unpaired) electrons. The summed E-state index contributed by atoms with van der Waals surface area (Å²) in [6, 6.07) is 20.4. The van der Waals surface area contributed by atoms with Gasteiger partial charge in [-0.25, -0.2) is 0 Å². The van der Waals surface area contributed by atoms with E-state index in [0.717, 1.165) is 43.5 Å². The van der Waals surface area contributed by atoms with Gasteiger partial charge in [-0.1, -0.05) is 64.1 Å². The number of hydrazone groups is 2. The van der Waals surface area contributed by atoms with E-state index in [1.807, 2.05) is 36.4 Å². The van der Waals surface area contributed by atoms with E-state index in [1.54, 1.807) is 0 Å². The molecule has 2 aromatic carbocycles. The molecule has 3 aliphatic rings. The number of allylic oxidation sites excluding steroid dienone is 4. The zero-order chi connectivity index (χ0) is 24.6. The maximum atomic E-state index is 4.96. The van der Waals surface area contributed by atoms with Crippen LogP contribution in [0.3, 0.4) is 0 Å². The summed E-state index contributed by atoms with van der Waals surface area (Å²) in [6.45, 7) is 9.42. The van der Waals surface area contributed by atoms with Crippen molar-refractivity contribution in [2.45, 2.75) is 59.8 Å². The molecule has 0 unspecified atom stereocenters. The minimum Gasteiger partial charge on any atom is -0.351 e. The van der Waals surface area contributed by atoms with Crippen LogP contribution in [-0.4, -0.2) is 23.4 Å². The van der Waals surface area contributed by atoms with Crippen molar-refractivity contribution in [2.24, 2.45) is 21.0 Å². The first-order valence-electron chi connectivity index (χ1n) is 12.6. The Labute approximate surface area is 209 Å². The predicted octanol–water partition coefficient (Wildman–Crippen LogP) is 7.41. The fraction of sp³-hybridized carbons (Fsp3) is 0.400. The van der Waals surface area contributed by atoms with Crippen molar-refractivity contribution < 1.29 is 0 Å². The SMILES string of the molecule is CN1C2=C(CC3=C1CC(C)(C)C/C3=N\Nc1ccccc1)/C(=N/Nc1ccccc1)CC(C)(C)C2. The van der Waals surface area contributed by atoms with Crippen LogP contribution in [0.1, 0.15) is 59.8 Å². The smallest absolute Gasteiger partial charge is 0.0665 e. The lowest BCUT2D eigenvalue weighted by Gasteiger charge is -2.46. The average Bonchev–Trinajstić information content (AvgIpc) is 2.83. The Kier molecular flexibility index (Phi) is 6.04. The van der Waals surface area contributed by atoms with Gasteiger partial charge in [-0.3, -0.25) is 10.9 Å². The number of hydrogen-bond acceptors (Lipinski definition) is 5. The van der Waals surface area contributed by atoms with Gasteiger partial charge < -0.3 is 4.90 Å². The van der Waals surface area contributed by atoms with Gasteiger partial charge in [0, 0.05) is 24.9 Å². The Morgan fingerprint density at radius 3 is 1.43 bits per heavy atom. The Morgan fingerprint density at radius 1 is 0.629 bits per heavy atom. The van der Waals surface area contributed by atoms with E-state index >= 15 is 0 Å². The molecule has 0 saturated heterocycles. The quantitative estimate of drug-likeness (QED) is 0.460. The number of rotatable bonds is 4. The first-order chi connectivity index (χ1) is 16.7. The normalized spacial score (nSPS) is 23.3. The Morgan fingerprint density at radius 2 is 1.03 bits per heavy atom. The second-order valence-electron chi connectivity index (χ2n) is 11.7. The highest BCUT2D eigenvalue weighted by atomic mass is 15.3. The van der Waals surface area contributed by atoms with Gasteiger partial charge in [0.05, 0.1) is 22.8 Å². The van der Waals surface area contributed by atoms with Crippen molar-refractivity contribution in [1.29, 1.82) is 0 Å². The minimum absolute atomic E-state index is 0.165. The summed E-state index contributed by atoms with van der Waals surface area (Å²) in [5, 5.41) is 9.91. The second-order valence-corrected chi connectivity index (χ2v) is 11.7. The van der Waals surface area contributed by atoms with Crippen molar-refractivity contribution >= 4 is 22.8 Å². The van der Waals surface area contributed by atoms with E-state index in [1.165, 1.54) is 34.0 Å². The third-order valence-corrected chi connectivity index (χ3v) is 7.33. The zero-order valence-corrected chi connectivity index (χ0v) is 21.7. The molecule has 2 N–H and O–H groups in total. The number of anilines is 2. The van der Waals surface area contributed by atoms with E-state index in [0.29, 0.717) is 0 Å². The molecule has 5 nitrogen and oxygen atoms in total. The molecule has 0 amide bonds. The van der Waals surface area contributed by atoms with Crippen LogP contribution < -0.4 is 10.9 Å². The van der Waals surface area contributed by atoms with Crippen molar-refractivity contribution in [3.63, 3.8) is 0 Å². The Balaban J connectivity index is 1.51. The van der Waals surface area contributed by atoms with Crippen molar-refractivity contribution in [2.75, 3.05) is 17.9 Å². The second kappa shape index (κ2) is 9.03. The highest BCUT2D eigenvalue weighted by Crippen LogP contribution is 2.49. The molecule has 1 heterocycles. The largest absolute Gasteiger partial charge is 0.351 e. The van der Waals surface area contributed by atoms with Crippen LogP contribution in [0.5, 0.6) is 0 Å². The number of nitrogens with one attached hydrogen (secondary N) is 2. The van der Waals surface area contributed by atoms with Gasteiger partial charge in [0.15, 0.2) is 0 Å². The maximum absolute atomic E-state index is 4.96. The van der Waals surface area contributed by atoms with E-state index in [-0.39, 0.29) is 10.8 Å². The molecular weight excluding hydrogens is 430 g/mol. The Hall–Kier alpha value is -3.34. The fourth-order valence-electron chi connectivity index (χ4n) is 5.59. The molecule has 1 aliphatic heterocycles. The summed E-state index contributed by atoms with van der Waals surface area (Å²) in [5.41, 5.74) is 16.9. The van der Waals surface area contributed by atoms with Crippen LogP contribution >= 0.6 is 0 Å². The van der Waals surface area contributed by atoms with Crippen LogP contribution in [0, 0.1) is 10.8 Å². The maximum Gasteiger partial charge on any atom is 0.0665 e. The molecule has 35 heavy (non-hydrogen) atoms. The third-order valence-electron chi connectivity index (χ3n) is 7.33. The van der Waals surface area contributed by atoms with E-state index in [4.69, 9.17) is 10.2 Å². The van der Waals surface area contributed by atoms with Gasteiger partial charge in [-0.2, -0.15) is 10.2 Å². The molecule has 0 spiro atoms. The first-order valence-corrected chi connectivity index (χ1v) is 12.6. The van der Waals surface area contributed by atoms with Crippen molar-refractivity contribution in [3.05, 3.63) is 83.2 Å². The summed E-state index contributed by atoms with van der Waals surface area (Å²) in [7, 11) is 2.25. The van der Waals surface area contributed by atoms with E-state index < -0.39 is 0 Å². The Bertz CT molecular complexity index is 1120. The van der Waals surface area contributed by atoms with Gasteiger partial charge in [0.25, 0.3) is 0 Å². The number of para-hydroxylation sites is 2. The van der Waals surface area contributed by atoms with E-state index in [9.17, 15) is 0 Å². The molecule has 0 atom stereocenters. The summed E-state index contributed by atoms with van der Waals surface area (Å²) >= 11 is 0. The molecular formula is C30H37N5. The topological polar surface area (TPSA) is 52.0 Å². The lowest BCUT2D eigenvalue weighted by Crippen LogP contribution is -2.40. The number of hydrogen-bond donors (Lipinski definition) is 2. The standard InChI is InChI=1S/C30H37N5/c1-29(2)17-25(33-31-21-12-8-6-9-13-21)23-16-24-26(34-32-22-14-10-7-11-15-22)18-30(3,4)20-28(24)35(5)27(23)19-29/h6-15,31-32H,16-20H2,1-5H3/b33-25+,34-26+. The highest BCUT2D eigenvalue weighted by Gasteiger charge is 2.42. The van der Waals surface area contributed by atoms with Crippen LogP contribution in [0.15, 0.2) is 93.4 Å². The summed E-state index contributed by atoms with van der Waals surface area (Å²) in [4.78, 5) is 2.46. The number of benzene rings is 2. The first kappa shape index (κ1) is 23.4. The molecule has 0 fully saturated rings. The summed E-state index contributed by atoms with van der Waals surface area (Å²) in [6.07, 6.45) is 4.95. The molecule has 0 aromatic heterocycles. The van der Waals surface area contributed by atoms with Gasteiger partial charge in [-0.15, -0.1) is 0 Å². The predicted molar refractivity (Wildman–Crippen MR) is 147 cm³/mol. The van der Waals surface area contributed by atoms with Crippen LogP contribution in [0.25, 0.3) is 0 Å². The molecule has 0 saturated carbocycles. The van der Waals surface area contributed by atoms with Crippen LogP contribution in [0.4, 0.5) is 11.4 Å². The van der Waals surface area contributed by atoms with Gasteiger partial charge in [0.2, 0.25) is 0 Å². The lowest BCUT2D eigenvalue weighted by molar-refractivity contribution is 0.283. The molecule has 2 aliphatic carbocycles. The van der Waals surface area contributed by atoms with Gasteiger partial charge >= 0.3 is 0 Å². The zero-order valence-electron chi connectivity index (χ0n) is 21.7.